The minimum atomic E-state index is -4.52. The predicted molar refractivity (Wildman–Crippen MR) is 96.1 cm³/mol. The van der Waals surface area contributed by atoms with Crippen LogP contribution in [0.25, 0.3) is 22.4 Å². The van der Waals surface area contributed by atoms with Crippen LogP contribution in [0.15, 0.2) is 53.6 Å². The van der Waals surface area contributed by atoms with E-state index in [0.29, 0.717) is 16.3 Å². The highest BCUT2D eigenvalue weighted by Gasteiger charge is 2.22. The summed E-state index contributed by atoms with van der Waals surface area (Å²) in [4.78, 5) is 3.04. The molecule has 2 aromatic carbocycles. The van der Waals surface area contributed by atoms with Crippen molar-refractivity contribution in [2.75, 3.05) is 0 Å². The van der Waals surface area contributed by atoms with E-state index >= 15 is 0 Å². The summed E-state index contributed by atoms with van der Waals surface area (Å²) in [6.45, 7) is 1.84. The Morgan fingerprint density at radius 2 is 1.69 bits per heavy atom. The third-order valence-electron chi connectivity index (χ3n) is 3.83. The number of sulfonamides is 1. The number of aryl methyl sites for hydroxylation is 1. The number of nitrogens with zero attached hydrogens (tertiary/aromatic N) is 1. The van der Waals surface area contributed by atoms with Gasteiger partial charge in [0.2, 0.25) is 10.0 Å². The van der Waals surface area contributed by atoms with Crippen LogP contribution in [0.3, 0.4) is 0 Å². The molecule has 26 heavy (non-hydrogen) atoms. The molecule has 0 aliphatic rings. The minimum Gasteiger partial charge on any atom is -0.256 e. The first-order valence-electron chi connectivity index (χ1n) is 7.42. The van der Waals surface area contributed by atoms with E-state index in [1.165, 1.54) is 6.20 Å². The Hall–Kier alpha value is -2.35. The molecule has 1 aromatic heterocycles. The van der Waals surface area contributed by atoms with Gasteiger partial charge >= 0.3 is 0 Å². The number of aromatic nitrogens is 1. The lowest BCUT2D eigenvalue weighted by Gasteiger charge is -2.12. The number of nitrogens with two attached hydrogens (primary N) is 1. The zero-order chi connectivity index (χ0) is 19.1. The first-order valence-corrected chi connectivity index (χ1v) is 9.34. The highest BCUT2D eigenvalue weighted by molar-refractivity contribution is 7.89. The summed E-state index contributed by atoms with van der Waals surface area (Å²) in [7, 11) is -4.52. The summed E-state index contributed by atoms with van der Waals surface area (Å²) in [5, 5.41) is 5.45. The summed E-state index contributed by atoms with van der Waals surface area (Å²) in [6.07, 6.45) is 1.48. The number of hydrogen-bond acceptors (Lipinski definition) is 3. The Balaban J connectivity index is 2.22. The fourth-order valence-corrected chi connectivity index (χ4v) is 3.43. The second-order valence-corrected chi connectivity index (χ2v) is 7.58. The molecule has 8 heteroatoms. The van der Waals surface area contributed by atoms with E-state index in [4.69, 9.17) is 16.7 Å². The number of halogens is 3. The average molecular weight is 395 g/mol. The minimum absolute atomic E-state index is 0.0932. The summed E-state index contributed by atoms with van der Waals surface area (Å²) in [5.74, 6) is -2.54. The van der Waals surface area contributed by atoms with Gasteiger partial charge in [-0.25, -0.2) is 22.3 Å². The first kappa shape index (κ1) is 18.4. The fourth-order valence-electron chi connectivity index (χ4n) is 2.65. The molecule has 0 fully saturated rings. The Morgan fingerprint density at radius 3 is 2.27 bits per heavy atom. The highest BCUT2D eigenvalue weighted by atomic mass is 35.5. The van der Waals surface area contributed by atoms with E-state index in [9.17, 15) is 17.2 Å². The maximum Gasteiger partial charge on any atom is 0.243 e. The molecular weight excluding hydrogens is 382 g/mol. The number of rotatable bonds is 3. The smallest absolute Gasteiger partial charge is 0.243 e. The van der Waals surface area contributed by atoms with Gasteiger partial charge in [0.05, 0.1) is 5.69 Å². The molecule has 3 rings (SSSR count). The van der Waals surface area contributed by atoms with Gasteiger partial charge in [0, 0.05) is 22.3 Å². The molecule has 134 valence electrons. The molecule has 0 atom stereocenters. The standard InChI is InChI=1S/C18H13ClF2N2O2S/c1-10-7-11(4-5-14(10)19)13-3-2-6-23-17(13)12-8-15(20)18(16(21)9-12)26(22,24)25/h2-9H,1H3,(H2,22,24,25). The number of primary sulfonamides is 1. The van der Waals surface area contributed by atoms with E-state index in [-0.39, 0.29) is 5.56 Å². The van der Waals surface area contributed by atoms with Gasteiger partial charge in [-0.15, -0.1) is 0 Å². The van der Waals surface area contributed by atoms with E-state index in [1.807, 2.05) is 13.0 Å². The number of benzene rings is 2. The van der Waals surface area contributed by atoms with Gasteiger partial charge in [-0.3, -0.25) is 4.98 Å². The average Bonchev–Trinajstić information content (AvgIpc) is 2.55. The van der Waals surface area contributed by atoms with Crippen molar-refractivity contribution in [2.24, 2.45) is 5.14 Å². The van der Waals surface area contributed by atoms with Crippen molar-refractivity contribution < 1.29 is 17.2 Å². The molecule has 0 amide bonds. The van der Waals surface area contributed by atoms with Crippen LogP contribution in [0, 0.1) is 18.6 Å². The molecule has 2 N–H and O–H groups in total. The van der Waals surface area contributed by atoms with Crippen LogP contribution in [-0.2, 0) is 10.0 Å². The monoisotopic (exact) mass is 394 g/mol. The fraction of sp³-hybridized carbons (Fsp3) is 0.0556. The lowest BCUT2D eigenvalue weighted by Crippen LogP contribution is -2.16. The van der Waals surface area contributed by atoms with Gasteiger partial charge in [0.15, 0.2) is 4.90 Å². The number of pyridine rings is 1. The van der Waals surface area contributed by atoms with Gasteiger partial charge in [-0.1, -0.05) is 23.7 Å². The maximum absolute atomic E-state index is 14.2. The van der Waals surface area contributed by atoms with Crippen molar-refractivity contribution in [2.45, 2.75) is 11.8 Å². The summed E-state index contributed by atoms with van der Waals surface area (Å²) >= 11 is 6.04. The molecule has 0 aliphatic carbocycles. The van der Waals surface area contributed by atoms with Crippen molar-refractivity contribution in [3.05, 3.63) is 70.9 Å². The molecule has 0 radical (unpaired) electrons. The van der Waals surface area contributed by atoms with Crippen molar-refractivity contribution in [1.29, 1.82) is 0 Å². The topological polar surface area (TPSA) is 73.0 Å². The number of hydrogen-bond donors (Lipinski definition) is 1. The molecule has 0 aliphatic heterocycles. The van der Waals surface area contributed by atoms with Crippen LogP contribution in [0.4, 0.5) is 8.78 Å². The Bertz CT molecular complexity index is 1090. The van der Waals surface area contributed by atoms with Gasteiger partial charge < -0.3 is 0 Å². The maximum atomic E-state index is 14.2. The van der Waals surface area contributed by atoms with Crippen LogP contribution in [0.1, 0.15) is 5.56 Å². The highest BCUT2D eigenvalue weighted by Crippen LogP contribution is 2.34. The van der Waals surface area contributed by atoms with Crippen LogP contribution < -0.4 is 5.14 Å². The molecule has 0 saturated heterocycles. The van der Waals surface area contributed by atoms with Crippen molar-refractivity contribution >= 4 is 21.6 Å². The van der Waals surface area contributed by atoms with E-state index < -0.39 is 26.6 Å². The zero-order valence-electron chi connectivity index (χ0n) is 13.5. The van der Waals surface area contributed by atoms with Crippen LogP contribution in [0.2, 0.25) is 5.02 Å². The normalized spacial score (nSPS) is 11.6. The van der Waals surface area contributed by atoms with Crippen LogP contribution >= 0.6 is 11.6 Å². The lowest BCUT2D eigenvalue weighted by atomic mass is 9.98. The largest absolute Gasteiger partial charge is 0.256 e. The predicted octanol–water partition coefficient (Wildman–Crippen LogP) is 4.30. The van der Waals surface area contributed by atoms with Gasteiger partial charge in [0.25, 0.3) is 0 Å². The zero-order valence-corrected chi connectivity index (χ0v) is 15.1. The third kappa shape index (κ3) is 3.46. The van der Waals surface area contributed by atoms with Crippen molar-refractivity contribution in [3.63, 3.8) is 0 Å². The van der Waals surface area contributed by atoms with Crippen molar-refractivity contribution in [3.8, 4) is 22.4 Å². The third-order valence-corrected chi connectivity index (χ3v) is 5.22. The Labute approximate surface area is 154 Å². The molecule has 3 aromatic rings. The second kappa shape index (κ2) is 6.75. The SMILES string of the molecule is Cc1cc(-c2cccnc2-c2cc(F)c(S(N)(=O)=O)c(F)c2)ccc1Cl. The molecular formula is C18H13ClF2N2O2S. The molecule has 0 unspecified atom stereocenters. The molecule has 0 saturated carbocycles. The molecule has 1 heterocycles. The van der Waals surface area contributed by atoms with E-state index in [2.05, 4.69) is 4.98 Å². The second-order valence-electron chi connectivity index (χ2n) is 5.68. The Morgan fingerprint density at radius 1 is 1.04 bits per heavy atom. The summed E-state index contributed by atoms with van der Waals surface area (Å²) < 4.78 is 51.1. The first-order chi connectivity index (χ1) is 12.2. The van der Waals surface area contributed by atoms with Gasteiger partial charge in [0.1, 0.15) is 11.6 Å². The quantitative estimate of drug-likeness (QED) is 0.719. The van der Waals surface area contributed by atoms with Gasteiger partial charge in [-0.2, -0.15) is 0 Å². The van der Waals surface area contributed by atoms with E-state index in [1.54, 1.807) is 24.3 Å². The van der Waals surface area contributed by atoms with E-state index in [0.717, 1.165) is 23.3 Å². The molecule has 0 bridgehead atoms. The van der Waals surface area contributed by atoms with Gasteiger partial charge in [-0.05, 0) is 48.4 Å². The molecule has 4 nitrogen and oxygen atoms in total. The van der Waals surface area contributed by atoms with Crippen molar-refractivity contribution in [1.82, 2.24) is 4.98 Å². The molecule has 0 spiro atoms. The Kier molecular flexibility index (Phi) is 4.79. The summed E-state index contributed by atoms with van der Waals surface area (Å²) in [6, 6.07) is 10.5. The van der Waals surface area contributed by atoms with Crippen LogP contribution in [0.5, 0.6) is 0 Å². The van der Waals surface area contributed by atoms with Crippen LogP contribution in [-0.4, -0.2) is 13.4 Å². The summed E-state index contributed by atoms with van der Waals surface area (Å²) in [5.41, 5.74) is 2.60. The lowest BCUT2D eigenvalue weighted by molar-refractivity contribution is 0.520.